The molecule has 206 valence electrons. The molecule has 3 N–H and O–H groups in total. The van der Waals surface area contributed by atoms with Gasteiger partial charge in [-0.1, -0.05) is 6.92 Å². The summed E-state index contributed by atoms with van der Waals surface area (Å²) in [5, 5.41) is 2.79. The van der Waals surface area contributed by atoms with Crippen LogP contribution in [0.5, 0.6) is 5.75 Å². The summed E-state index contributed by atoms with van der Waals surface area (Å²) in [6, 6.07) is 6.01. The number of carbonyl (C=O) groups is 1. The molecule has 1 amide bonds. The molecule has 0 radical (unpaired) electrons. The van der Waals surface area contributed by atoms with E-state index in [1.165, 1.54) is 12.3 Å². The van der Waals surface area contributed by atoms with E-state index in [-0.39, 0.29) is 29.5 Å². The number of rotatable bonds is 6. The van der Waals surface area contributed by atoms with Crippen LogP contribution in [0.25, 0.3) is 11.3 Å². The van der Waals surface area contributed by atoms with Crippen molar-refractivity contribution in [3.05, 3.63) is 71.4 Å². The first-order valence-corrected chi connectivity index (χ1v) is 13.2. The Hall–Kier alpha value is -3.50. The van der Waals surface area contributed by atoms with E-state index in [1.807, 2.05) is 6.07 Å². The minimum Gasteiger partial charge on any atom is -0.488 e. The van der Waals surface area contributed by atoms with Crippen LogP contribution < -0.4 is 15.8 Å². The fourth-order valence-electron chi connectivity index (χ4n) is 5.55. The van der Waals surface area contributed by atoms with Gasteiger partial charge in [0.05, 0.1) is 24.1 Å². The second-order valence-corrected chi connectivity index (χ2v) is 10.4. The second kappa shape index (κ2) is 11.7. The summed E-state index contributed by atoms with van der Waals surface area (Å²) in [5.41, 5.74) is 6.15. The van der Waals surface area contributed by atoms with E-state index in [0.717, 1.165) is 49.4 Å². The molecule has 0 unspecified atom stereocenters. The number of aromatic nitrogens is 2. The number of ether oxygens (including phenoxy) is 2. The highest BCUT2D eigenvalue weighted by Gasteiger charge is 2.28. The molecule has 5 rings (SSSR count). The van der Waals surface area contributed by atoms with Crippen molar-refractivity contribution in [3.8, 4) is 17.0 Å². The molecule has 2 aromatic heterocycles. The molecule has 1 aliphatic heterocycles. The maximum Gasteiger partial charge on any atom is 0.274 e. The van der Waals surface area contributed by atoms with E-state index < -0.39 is 34.6 Å². The summed E-state index contributed by atoms with van der Waals surface area (Å²) in [7, 11) is 0. The van der Waals surface area contributed by atoms with Crippen molar-refractivity contribution < 1.29 is 27.4 Å². The summed E-state index contributed by atoms with van der Waals surface area (Å²) < 4.78 is 55.9. The zero-order valence-electron chi connectivity index (χ0n) is 21.6. The number of hydrogen-bond acceptors (Lipinski definition) is 6. The van der Waals surface area contributed by atoms with E-state index in [4.69, 9.17) is 15.2 Å². The highest BCUT2D eigenvalue weighted by atomic mass is 19.1. The molecule has 3 aromatic rings. The summed E-state index contributed by atoms with van der Waals surface area (Å²) in [6.45, 7) is 3.09. The van der Waals surface area contributed by atoms with Crippen molar-refractivity contribution in [1.29, 1.82) is 0 Å². The maximum absolute atomic E-state index is 15.1. The first kappa shape index (κ1) is 27.1. The topological polar surface area (TPSA) is 99.4 Å². The predicted molar refractivity (Wildman–Crippen MR) is 140 cm³/mol. The van der Waals surface area contributed by atoms with E-state index in [9.17, 15) is 9.18 Å². The molecule has 0 spiro atoms. The molecule has 2 fully saturated rings. The first-order valence-electron chi connectivity index (χ1n) is 13.2. The van der Waals surface area contributed by atoms with Crippen LogP contribution in [0.1, 0.15) is 61.0 Å². The second-order valence-electron chi connectivity index (χ2n) is 10.4. The SMILES string of the molecule is C[C@@H]1C[C@@H](N)C[C@H](c2ccncc2NC(=O)c2ccc(F)c(-c3c(F)cc(O[C@H]4CCCOC4)cc3F)n2)C1. The molecule has 3 heterocycles. The van der Waals surface area contributed by atoms with Crippen LogP contribution in [0, 0.1) is 23.4 Å². The number of hydrogen-bond donors (Lipinski definition) is 2. The summed E-state index contributed by atoms with van der Waals surface area (Å²) >= 11 is 0. The summed E-state index contributed by atoms with van der Waals surface area (Å²) in [6.07, 6.45) is 7.00. The van der Waals surface area contributed by atoms with Gasteiger partial charge in [-0.15, -0.1) is 0 Å². The number of nitrogens with one attached hydrogen (secondary N) is 1. The highest BCUT2D eigenvalue weighted by Crippen LogP contribution is 2.38. The lowest BCUT2D eigenvalue weighted by Crippen LogP contribution is -2.31. The molecular weight excluding hydrogens is 509 g/mol. The van der Waals surface area contributed by atoms with Gasteiger partial charge in [-0.2, -0.15) is 0 Å². The molecule has 10 heteroatoms. The number of benzene rings is 1. The van der Waals surface area contributed by atoms with Crippen LogP contribution in [-0.4, -0.2) is 41.2 Å². The molecule has 1 saturated heterocycles. The fraction of sp³-hybridized carbons (Fsp3) is 0.414. The third kappa shape index (κ3) is 6.23. The van der Waals surface area contributed by atoms with Crippen molar-refractivity contribution in [3.63, 3.8) is 0 Å². The Bertz CT molecular complexity index is 1320. The van der Waals surface area contributed by atoms with E-state index in [0.29, 0.717) is 31.2 Å². The highest BCUT2D eigenvalue weighted by molar-refractivity contribution is 6.03. The van der Waals surface area contributed by atoms with Gasteiger partial charge in [0.25, 0.3) is 5.91 Å². The van der Waals surface area contributed by atoms with Crippen molar-refractivity contribution in [2.24, 2.45) is 11.7 Å². The Morgan fingerprint density at radius 2 is 1.90 bits per heavy atom. The average Bonchev–Trinajstić information content (AvgIpc) is 2.89. The molecule has 7 nitrogen and oxygen atoms in total. The first-order chi connectivity index (χ1) is 18.8. The van der Waals surface area contributed by atoms with Crippen LogP contribution in [0.2, 0.25) is 0 Å². The molecule has 0 bridgehead atoms. The summed E-state index contributed by atoms with van der Waals surface area (Å²) in [4.78, 5) is 21.3. The van der Waals surface area contributed by atoms with Gasteiger partial charge in [-0.3, -0.25) is 9.78 Å². The van der Waals surface area contributed by atoms with Gasteiger partial charge in [0.1, 0.15) is 40.7 Å². The van der Waals surface area contributed by atoms with Gasteiger partial charge in [-0.25, -0.2) is 18.2 Å². The maximum atomic E-state index is 15.1. The van der Waals surface area contributed by atoms with Crippen LogP contribution in [-0.2, 0) is 4.74 Å². The van der Waals surface area contributed by atoms with Gasteiger partial charge in [-0.05, 0) is 67.7 Å². The van der Waals surface area contributed by atoms with Crippen LogP contribution in [0.3, 0.4) is 0 Å². The zero-order chi connectivity index (χ0) is 27.5. The molecule has 1 aliphatic carbocycles. The molecule has 39 heavy (non-hydrogen) atoms. The van der Waals surface area contributed by atoms with Gasteiger partial charge >= 0.3 is 0 Å². The van der Waals surface area contributed by atoms with Crippen LogP contribution in [0.4, 0.5) is 18.9 Å². The number of carbonyl (C=O) groups excluding carboxylic acids is 1. The van der Waals surface area contributed by atoms with E-state index in [2.05, 4.69) is 22.2 Å². The van der Waals surface area contributed by atoms with Gasteiger partial charge in [0, 0.05) is 31.0 Å². The third-order valence-electron chi connectivity index (χ3n) is 7.27. The van der Waals surface area contributed by atoms with Crippen LogP contribution in [0.15, 0.2) is 42.7 Å². The van der Waals surface area contributed by atoms with Crippen molar-refractivity contribution in [2.75, 3.05) is 18.5 Å². The normalized spacial score (nSPS) is 23.3. The Morgan fingerprint density at radius 1 is 1.10 bits per heavy atom. The Labute approximate surface area is 224 Å². The van der Waals surface area contributed by atoms with Crippen LogP contribution >= 0.6 is 0 Å². The lowest BCUT2D eigenvalue weighted by atomic mass is 9.76. The number of halogens is 3. The number of nitrogens with two attached hydrogens (primary N) is 1. The van der Waals surface area contributed by atoms with E-state index in [1.54, 1.807) is 6.20 Å². The Balaban J connectivity index is 1.38. The van der Waals surface area contributed by atoms with Gasteiger partial charge < -0.3 is 20.5 Å². The molecule has 4 atom stereocenters. The quantitative estimate of drug-likeness (QED) is 0.422. The molecule has 1 saturated carbocycles. The lowest BCUT2D eigenvalue weighted by Gasteiger charge is -2.32. The van der Waals surface area contributed by atoms with Crippen molar-refractivity contribution >= 4 is 11.6 Å². The molecule has 2 aliphatic rings. The van der Waals surface area contributed by atoms with Gasteiger partial charge in [0.15, 0.2) is 0 Å². The lowest BCUT2D eigenvalue weighted by molar-refractivity contribution is 0.00720. The van der Waals surface area contributed by atoms with E-state index >= 15 is 8.78 Å². The van der Waals surface area contributed by atoms with Gasteiger partial charge in [0.2, 0.25) is 0 Å². The molecule has 1 aromatic carbocycles. The number of anilines is 1. The molecular formula is C29H31F3N4O3. The predicted octanol–water partition coefficient (Wildman–Crippen LogP) is 5.60. The minimum absolute atomic E-state index is 0.0283. The third-order valence-corrected chi connectivity index (χ3v) is 7.27. The number of nitrogens with zero attached hydrogens (tertiary/aromatic N) is 2. The number of pyridine rings is 2. The Morgan fingerprint density at radius 3 is 2.62 bits per heavy atom. The largest absolute Gasteiger partial charge is 0.488 e. The fourth-order valence-corrected chi connectivity index (χ4v) is 5.55. The zero-order valence-corrected chi connectivity index (χ0v) is 21.6. The average molecular weight is 541 g/mol. The summed E-state index contributed by atoms with van der Waals surface area (Å²) in [5.74, 6) is -3.18. The van der Waals surface area contributed by atoms with Crippen molar-refractivity contribution in [1.82, 2.24) is 9.97 Å². The van der Waals surface area contributed by atoms with Crippen molar-refractivity contribution in [2.45, 2.75) is 57.1 Å². The standard InChI is InChI=1S/C29H31F3N4O3/c1-16-9-17(11-18(33)10-16)21-6-7-34-14-26(21)36-29(37)25-5-4-22(30)28(35-25)27-23(31)12-20(13-24(27)32)39-19-3-2-8-38-15-19/h4-7,12-14,16-19H,2-3,8-11,15,33H2,1H3,(H,36,37)/t16-,17+,18+,19-/m0/s1. The number of amides is 1. The monoisotopic (exact) mass is 540 g/mol. The Kier molecular flexibility index (Phi) is 8.13. The minimum atomic E-state index is -1.05. The smallest absolute Gasteiger partial charge is 0.274 e.